The molecule has 2 aromatic carbocycles. The maximum absolute atomic E-state index is 13.1. The molecule has 0 atom stereocenters. The Hall–Kier alpha value is -4.74. The average molecular weight is 601 g/mol. The number of alkyl halides is 2. The van der Waals surface area contributed by atoms with E-state index < -0.39 is 16.4 Å². The number of nitrogens with zero attached hydrogens (tertiary/aromatic N) is 5. The van der Waals surface area contributed by atoms with Crippen molar-refractivity contribution in [2.24, 2.45) is 4.99 Å². The molecule has 0 fully saturated rings. The van der Waals surface area contributed by atoms with E-state index in [0.717, 1.165) is 24.3 Å². The number of sulfonamides is 1. The Bertz CT molecular complexity index is 1910. The highest BCUT2D eigenvalue weighted by Gasteiger charge is 2.27. The summed E-state index contributed by atoms with van der Waals surface area (Å²) in [5, 5.41) is 10.5. The molecule has 5 rings (SSSR count). The molecule has 0 amide bonds. The molecule has 4 aromatic rings. The second-order valence-electron chi connectivity index (χ2n) is 8.23. The van der Waals surface area contributed by atoms with Gasteiger partial charge in [0.2, 0.25) is 5.90 Å². The van der Waals surface area contributed by atoms with Crippen LogP contribution in [0, 0.1) is 0 Å². The standard InChI is InChI=1S/C26H19ClF2N6O5S/c1-3-40-19-9-4-6-16(30-19)25-33-24-26(35(25)20-17(36)7-5-8-18(20)39-2)32-23(21(27)31-24)34-41(37,38)15-12-10-14(11-13-15)22(28)29/h5,7-13,22,36H,3H2,1-2H3,(H,32,34). The maximum Gasteiger partial charge on any atom is 0.263 e. The van der Waals surface area contributed by atoms with E-state index in [1.54, 1.807) is 19.1 Å². The van der Waals surface area contributed by atoms with Gasteiger partial charge < -0.3 is 14.6 Å². The summed E-state index contributed by atoms with van der Waals surface area (Å²) in [5.41, 5.74) is 5.46. The Kier molecular flexibility index (Phi) is 7.48. The molecule has 0 spiro atoms. The first-order chi connectivity index (χ1) is 19.6. The fourth-order valence-electron chi connectivity index (χ4n) is 3.85. The number of anilines is 1. The number of phenols is 1. The van der Waals surface area contributed by atoms with E-state index in [-0.39, 0.29) is 67.3 Å². The van der Waals surface area contributed by atoms with Crippen molar-refractivity contribution in [3.05, 3.63) is 76.5 Å². The van der Waals surface area contributed by atoms with Gasteiger partial charge in [-0.3, -0.25) is 9.29 Å². The van der Waals surface area contributed by atoms with Gasteiger partial charge in [0.25, 0.3) is 16.4 Å². The number of aromatic nitrogens is 4. The van der Waals surface area contributed by atoms with Crippen molar-refractivity contribution in [1.29, 1.82) is 0 Å². The lowest BCUT2D eigenvalue weighted by molar-refractivity contribution is 0.151. The van der Waals surface area contributed by atoms with E-state index in [2.05, 4.69) is 36.1 Å². The molecule has 2 aromatic heterocycles. The van der Waals surface area contributed by atoms with E-state index in [4.69, 9.17) is 21.1 Å². The van der Waals surface area contributed by atoms with Crippen molar-refractivity contribution >= 4 is 50.3 Å². The first-order valence-electron chi connectivity index (χ1n) is 11.8. The van der Waals surface area contributed by atoms with E-state index >= 15 is 0 Å². The number of aromatic hydroxyl groups is 1. The topological polar surface area (TPSA) is 141 Å². The van der Waals surface area contributed by atoms with Gasteiger partial charge >= 0.3 is 0 Å². The predicted octanol–water partition coefficient (Wildman–Crippen LogP) is 5.02. The molecule has 1 aliphatic rings. The summed E-state index contributed by atoms with van der Waals surface area (Å²) in [6.45, 7) is 2.12. The van der Waals surface area contributed by atoms with E-state index in [1.807, 2.05) is 0 Å². The van der Waals surface area contributed by atoms with Crippen LogP contribution < -0.4 is 9.46 Å². The largest absolute Gasteiger partial charge is 0.506 e. The van der Waals surface area contributed by atoms with Crippen LogP contribution >= 0.6 is 11.6 Å². The second kappa shape index (κ2) is 11.0. The number of methoxy groups -OCH3 is 1. The zero-order valence-electron chi connectivity index (χ0n) is 21.3. The number of fused-ring (bicyclic) bond motifs is 1. The number of halogens is 3. The molecule has 11 nitrogen and oxygen atoms in total. The summed E-state index contributed by atoms with van der Waals surface area (Å²) < 4.78 is 66.5. The zero-order valence-corrected chi connectivity index (χ0v) is 22.8. The van der Waals surface area contributed by atoms with E-state index in [0.29, 0.717) is 6.61 Å². The molecule has 2 N–H and O–H groups in total. The molecular weight excluding hydrogens is 582 g/mol. The van der Waals surface area contributed by atoms with Crippen LogP contribution in [0.2, 0.25) is 5.15 Å². The maximum atomic E-state index is 13.1. The van der Waals surface area contributed by atoms with Crippen LogP contribution in [-0.2, 0) is 14.8 Å². The Morgan fingerprint density at radius 2 is 1.90 bits per heavy atom. The minimum atomic E-state index is -4.33. The SMILES string of the molecule is CCOC1=NC(c2nc3nc(Cl)c(NS(=O)(=O)c4ccc(C(F)F)cc4)nc3n2-c2c(O)cccc2OC)=C=C=C1. The first-order valence-corrected chi connectivity index (χ1v) is 13.7. The average Bonchev–Trinajstić information content (AvgIpc) is 3.30. The predicted molar refractivity (Wildman–Crippen MR) is 146 cm³/mol. The molecule has 0 aliphatic carbocycles. The minimum absolute atomic E-state index is 0.0310. The summed E-state index contributed by atoms with van der Waals surface area (Å²) in [6, 6.07) is 8.61. The fourth-order valence-corrected chi connectivity index (χ4v) is 5.09. The van der Waals surface area contributed by atoms with Crippen LogP contribution in [0.1, 0.15) is 24.7 Å². The number of hydrogen-bond acceptors (Lipinski definition) is 9. The van der Waals surface area contributed by atoms with Gasteiger partial charge in [-0.1, -0.05) is 35.5 Å². The third-order valence-corrected chi connectivity index (χ3v) is 7.28. The molecule has 0 unspecified atom stereocenters. The van der Waals surface area contributed by atoms with Gasteiger partial charge in [0, 0.05) is 5.56 Å². The van der Waals surface area contributed by atoms with Gasteiger partial charge in [0.15, 0.2) is 33.8 Å². The highest BCUT2D eigenvalue weighted by atomic mass is 35.5. The number of rotatable bonds is 8. The number of phenolic OH excluding ortho intramolecular Hbond substituents is 1. The number of ether oxygens (including phenoxy) is 2. The van der Waals surface area contributed by atoms with Gasteiger partial charge in [0.05, 0.1) is 24.7 Å². The quantitative estimate of drug-likeness (QED) is 0.269. The van der Waals surface area contributed by atoms with Gasteiger partial charge in [0.1, 0.15) is 17.2 Å². The normalized spacial score (nSPS) is 12.9. The molecule has 41 heavy (non-hydrogen) atoms. The van der Waals surface area contributed by atoms with Gasteiger partial charge in [-0.2, -0.15) is 0 Å². The van der Waals surface area contributed by atoms with Crippen molar-refractivity contribution in [3.63, 3.8) is 0 Å². The van der Waals surface area contributed by atoms with Crippen LogP contribution in [0.3, 0.4) is 0 Å². The third kappa shape index (κ3) is 5.37. The lowest BCUT2D eigenvalue weighted by Gasteiger charge is -2.15. The Morgan fingerprint density at radius 3 is 2.59 bits per heavy atom. The van der Waals surface area contributed by atoms with Crippen molar-refractivity contribution in [1.82, 2.24) is 19.5 Å². The zero-order chi connectivity index (χ0) is 29.3. The Balaban J connectivity index is 1.71. The van der Waals surface area contributed by atoms with Crippen LogP contribution in [0.5, 0.6) is 11.5 Å². The smallest absolute Gasteiger partial charge is 0.263 e. The minimum Gasteiger partial charge on any atom is -0.506 e. The molecule has 210 valence electrons. The van der Waals surface area contributed by atoms with Crippen LogP contribution in [-0.4, -0.2) is 52.7 Å². The molecule has 0 saturated heterocycles. The summed E-state index contributed by atoms with van der Waals surface area (Å²) >= 11 is 6.30. The molecule has 0 radical (unpaired) electrons. The summed E-state index contributed by atoms with van der Waals surface area (Å²) in [6.07, 6.45) is -1.28. The number of aliphatic imine (C=N–C) groups is 1. The first kappa shape index (κ1) is 27.8. The van der Waals surface area contributed by atoms with Crippen molar-refractivity contribution in [3.8, 4) is 17.2 Å². The Morgan fingerprint density at radius 1 is 1.15 bits per heavy atom. The molecular formula is C26H19ClF2N6O5S. The number of nitrogens with one attached hydrogen (secondary N) is 1. The third-order valence-electron chi connectivity index (χ3n) is 5.66. The summed E-state index contributed by atoms with van der Waals surface area (Å²) in [7, 11) is -2.93. The number of para-hydroxylation sites is 1. The lowest BCUT2D eigenvalue weighted by Crippen LogP contribution is -2.15. The van der Waals surface area contributed by atoms with Gasteiger partial charge in [-0.25, -0.2) is 37.1 Å². The second-order valence-corrected chi connectivity index (χ2v) is 10.3. The number of benzene rings is 2. The fraction of sp³-hybridized carbons (Fsp3) is 0.154. The molecule has 3 heterocycles. The van der Waals surface area contributed by atoms with Gasteiger partial charge in [-0.15, -0.1) is 0 Å². The molecule has 15 heteroatoms. The molecule has 0 saturated carbocycles. The summed E-state index contributed by atoms with van der Waals surface area (Å²) in [5.74, 6) is -0.0854. The van der Waals surface area contributed by atoms with Crippen molar-refractivity contribution in [2.75, 3.05) is 18.4 Å². The van der Waals surface area contributed by atoms with E-state index in [9.17, 15) is 22.3 Å². The molecule has 0 bridgehead atoms. The van der Waals surface area contributed by atoms with Crippen molar-refractivity contribution < 1.29 is 31.8 Å². The van der Waals surface area contributed by atoms with Gasteiger partial charge in [-0.05, 0) is 36.9 Å². The molecule has 1 aliphatic heterocycles. The lowest BCUT2D eigenvalue weighted by atomic mass is 10.2. The van der Waals surface area contributed by atoms with Crippen LogP contribution in [0.25, 0.3) is 22.7 Å². The highest BCUT2D eigenvalue weighted by Crippen LogP contribution is 2.37. The van der Waals surface area contributed by atoms with Crippen LogP contribution in [0.15, 0.2) is 69.9 Å². The summed E-state index contributed by atoms with van der Waals surface area (Å²) in [4.78, 5) is 17.1. The number of hydrogen-bond donors (Lipinski definition) is 2. The highest BCUT2D eigenvalue weighted by molar-refractivity contribution is 7.92. The van der Waals surface area contributed by atoms with Crippen molar-refractivity contribution in [2.45, 2.75) is 18.2 Å². The Labute approximate surface area is 236 Å². The van der Waals surface area contributed by atoms with E-state index in [1.165, 1.54) is 23.8 Å². The monoisotopic (exact) mass is 600 g/mol. The van der Waals surface area contributed by atoms with Crippen LogP contribution in [0.4, 0.5) is 14.6 Å². The number of imidazole rings is 1.